The third-order valence-electron chi connectivity index (χ3n) is 2.68. The summed E-state index contributed by atoms with van der Waals surface area (Å²) in [7, 11) is 0. The lowest BCUT2D eigenvalue weighted by atomic mass is 10.1. The van der Waals surface area contributed by atoms with E-state index in [0.717, 1.165) is 10.6 Å². The van der Waals surface area contributed by atoms with Crippen LogP contribution in [0.3, 0.4) is 0 Å². The van der Waals surface area contributed by atoms with Gasteiger partial charge >= 0.3 is 5.97 Å². The monoisotopic (exact) mass is 276 g/mol. The van der Waals surface area contributed by atoms with Gasteiger partial charge in [-0.15, -0.1) is 11.3 Å². The molecule has 19 heavy (non-hydrogen) atoms. The van der Waals surface area contributed by atoms with E-state index < -0.39 is 0 Å². The zero-order valence-electron chi connectivity index (χ0n) is 10.9. The molecular formula is C14H16N2O2S. The molecule has 1 atom stereocenters. The number of aromatic nitrogens is 1. The molecule has 2 aromatic rings. The molecule has 0 bridgehead atoms. The van der Waals surface area contributed by atoms with Crippen molar-refractivity contribution in [1.29, 1.82) is 0 Å². The fraction of sp³-hybridized carbons (Fsp3) is 0.286. The van der Waals surface area contributed by atoms with Crippen LogP contribution in [-0.4, -0.2) is 17.6 Å². The van der Waals surface area contributed by atoms with Crippen LogP contribution < -0.4 is 5.32 Å². The summed E-state index contributed by atoms with van der Waals surface area (Å²) in [5.74, 6) is -0.383. The molecule has 0 saturated heterocycles. The van der Waals surface area contributed by atoms with Gasteiger partial charge in [-0.2, -0.15) is 0 Å². The van der Waals surface area contributed by atoms with Gasteiger partial charge in [0.05, 0.1) is 12.1 Å². The molecule has 1 aromatic heterocycles. The number of ether oxygens (including phenoxy) is 1. The van der Waals surface area contributed by atoms with Crippen molar-refractivity contribution in [3.05, 3.63) is 47.1 Å². The molecule has 0 aliphatic heterocycles. The van der Waals surface area contributed by atoms with E-state index >= 15 is 0 Å². The van der Waals surface area contributed by atoms with Gasteiger partial charge in [-0.3, -0.25) is 0 Å². The fourth-order valence-corrected chi connectivity index (χ4v) is 2.47. The second kappa shape index (κ2) is 6.33. The first-order valence-electron chi connectivity index (χ1n) is 6.14. The van der Waals surface area contributed by atoms with E-state index in [-0.39, 0.29) is 12.0 Å². The summed E-state index contributed by atoms with van der Waals surface area (Å²) in [6.45, 7) is 4.18. The van der Waals surface area contributed by atoms with Gasteiger partial charge in [-0.25, -0.2) is 9.78 Å². The highest BCUT2D eigenvalue weighted by Gasteiger charge is 2.17. The number of carbonyl (C=O) groups excluding carboxylic acids is 1. The normalized spacial score (nSPS) is 11.9. The fourth-order valence-electron chi connectivity index (χ4n) is 1.72. The Morgan fingerprint density at radius 3 is 2.84 bits per heavy atom. The highest BCUT2D eigenvalue weighted by molar-refractivity contribution is 7.14. The summed E-state index contributed by atoms with van der Waals surface area (Å²) < 4.78 is 4.98. The third-order valence-corrected chi connectivity index (χ3v) is 3.44. The Labute approximate surface area is 116 Å². The number of thiazole rings is 1. The average Bonchev–Trinajstić information content (AvgIpc) is 2.88. The van der Waals surface area contributed by atoms with E-state index in [1.54, 1.807) is 12.4 Å². The molecule has 0 fully saturated rings. The number of anilines is 1. The van der Waals surface area contributed by atoms with Crippen LogP contribution in [0.15, 0.2) is 35.8 Å². The lowest BCUT2D eigenvalue weighted by Crippen LogP contribution is -2.11. The SMILES string of the molecule is CCOC(=O)c1ncsc1N[C@H](C)c1ccccc1. The van der Waals surface area contributed by atoms with Gasteiger partial charge in [-0.05, 0) is 19.4 Å². The van der Waals surface area contributed by atoms with Crippen LogP contribution in [0.1, 0.15) is 35.9 Å². The molecule has 1 aromatic carbocycles. The number of nitrogens with zero attached hydrogens (tertiary/aromatic N) is 1. The van der Waals surface area contributed by atoms with Crippen LogP contribution in [0.2, 0.25) is 0 Å². The van der Waals surface area contributed by atoms with Gasteiger partial charge in [0, 0.05) is 6.04 Å². The maximum atomic E-state index is 11.7. The van der Waals surface area contributed by atoms with Crippen molar-refractivity contribution < 1.29 is 9.53 Å². The second-order valence-electron chi connectivity index (χ2n) is 4.03. The van der Waals surface area contributed by atoms with Crippen molar-refractivity contribution >= 4 is 22.3 Å². The van der Waals surface area contributed by atoms with Crippen LogP contribution in [0, 0.1) is 0 Å². The van der Waals surface area contributed by atoms with E-state index in [2.05, 4.69) is 10.3 Å². The number of benzene rings is 1. The van der Waals surface area contributed by atoms with Crippen molar-refractivity contribution in [3.63, 3.8) is 0 Å². The van der Waals surface area contributed by atoms with Crippen molar-refractivity contribution in [2.45, 2.75) is 19.9 Å². The molecule has 4 nitrogen and oxygen atoms in total. The molecule has 1 heterocycles. The van der Waals surface area contributed by atoms with E-state index in [0.29, 0.717) is 12.3 Å². The Morgan fingerprint density at radius 1 is 1.42 bits per heavy atom. The summed E-state index contributed by atoms with van der Waals surface area (Å²) in [5.41, 5.74) is 3.16. The van der Waals surface area contributed by atoms with Gasteiger partial charge in [0.1, 0.15) is 5.00 Å². The molecular weight excluding hydrogens is 260 g/mol. The highest BCUT2D eigenvalue weighted by Crippen LogP contribution is 2.26. The Bertz CT molecular complexity index is 539. The summed E-state index contributed by atoms with van der Waals surface area (Å²) in [5, 5.41) is 4.05. The van der Waals surface area contributed by atoms with Crippen molar-refractivity contribution in [3.8, 4) is 0 Å². The van der Waals surface area contributed by atoms with E-state index in [1.807, 2.05) is 37.3 Å². The molecule has 5 heteroatoms. The molecule has 1 N–H and O–H groups in total. The van der Waals surface area contributed by atoms with E-state index in [9.17, 15) is 4.79 Å². The molecule has 0 spiro atoms. The minimum Gasteiger partial charge on any atom is -0.461 e. The first-order valence-corrected chi connectivity index (χ1v) is 7.02. The van der Waals surface area contributed by atoms with Gasteiger partial charge in [0.25, 0.3) is 0 Å². The molecule has 0 amide bonds. The summed E-state index contributed by atoms with van der Waals surface area (Å²) >= 11 is 1.40. The molecule has 0 aliphatic rings. The predicted molar refractivity (Wildman–Crippen MR) is 76.6 cm³/mol. The van der Waals surface area contributed by atoms with Crippen LogP contribution >= 0.6 is 11.3 Å². The third kappa shape index (κ3) is 3.32. The van der Waals surface area contributed by atoms with Gasteiger partial charge in [0.2, 0.25) is 0 Å². The number of hydrogen-bond donors (Lipinski definition) is 1. The van der Waals surface area contributed by atoms with E-state index in [1.165, 1.54) is 11.3 Å². The first kappa shape index (κ1) is 13.5. The summed E-state index contributed by atoms with van der Waals surface area (Å²) in [4.78, 5) is 15.8. The Kier molecular flexibility index (Phi) is 4.52. The summed E-state index contributed by atoms with van der Waals surface area (Å²) in [6.07, 6.45) is 0. The number of carbonyl (C=O) groups is 1. The van der Waals surface area contributed by atoms with Gasteiger partial charge in [-0.1, -0.05) is 30.3 Å². The average molecular weight is 276 g/mol. The summed E-state index contributed by atoms with van der Waals surface area (Å²) in [6, 6.07) is 10.2. The smallest absolute Gasteiger partial charge is 0.360 e. The predicted octanol–water partition coefficient (Wildman–Crippen LogP) is 3.49. The van der Waals surface area contributed by atoms with Gasteiger partial charge in [0.15, 0.2) is 5.69 Å². The topological polar surface area (TPSA) is 51.2 Å². The number of rotatable bonds is 5. The Hall–Kier alpha value is -1.88. The van der Waals surface area contributed by atoms with Crippen molar-refractivity contribution in [1.82, 2.24) is 4.98 Å². The molecule has 2 rings (SSSR count). The van der Waals surface area contributed by atoms with Gasteiger partial charge < -0.3 is 10.1 Å². The maximum Gasteiger partial charge on any atom is 0.360 e. The molecule has 100 valence electrons. The van der Waals surface area contributed by atoms with Crippen LogP contribution in [-0.2, 0) is 4.74 Å². The Balaban J connectivity index is 2.12. The van der Waals surface area contributed by atoms with Crippen LogP contribution in [0.25, 0.3) is 0 Å². The van der Waals surface area contributed by atoms with Crippen molar-refractivity contribution in [2.75, 3.05) is 11.9 Å². The number of esters is 1. The minimum atomic E-state index is -0.383. The largest absolute Gasteiger partial charge is 0.461 e. The zero-order valence-corrected chi connectivity index (χ0v) is 11.7. The molecule has 0 unspecified atom stereocenters. The molecule has 0 aliphatic carbocycles. The quantitative estimate of drug-likeness (QED) is 0.849. The maximum absolute atomic E-state index is 11.7. The lowest BCUT2D eigenvalue weighted by Gasteiger charge is -2.14. The van der Waals surface area contributed by atoms with Crippen LogP contribution in [0.5, 0.6) is 0 Å². The number of hydrogen-bond acceptors (Lipinski definition) is 5. The van der Waals surface area contributed by atoms with Crippen LogP contribution in [0.4, 0.5) is 5.00 Å². The second-order valence-corrected chi connectivity index (χ2v) is 4.88. The standard InChI is InChI=1S/C14H16N2O2S/c1-3-18-14(17)12-13(19-9-15-12)16-10(2)11-7-5-4-6-8-11/h4-10,16H,3H2,1-2H3/t10-/m1/s1. The molecule has 0 saturated carbocycles. The molecule has 0 radical (unpaired) electrons. The highest BCUT2D eigenvalue weighted by atomic mass is 32.1. The lowest BCUT2D eigenvalue weighted by molar-refractivity contribution is 0.0521. The first-order chi connectivity index (χ1) is 9.22. The van der Waals surface area contributed by atoms with Crippen molar-refractivity contribution in [2.24, 2.45) is 0 Å². The Morgan fingerprint density at radius 2 is 2.16 bits per heavy atom. The zero-order chi connectivity index (χ0) is 13.7. The van der Waals surface area contributed by atoms with E-state index in [4.69, 9.17) is 4.74 Å². The minimum absolute atomic E-state index is 0.106. The number of nitrogens with one attached hydrogen (secondary N) is 1.